The number of amides is 1. The number of para-hydroxylation sites is 1. The maximum Gasteiger partial charge on any atom is 0.315 e. The molecule has 0 radical (unpaired) electrons. The number of pyridine rings is 1. The molecule has 6 heteroatoms. The third kappa shape index (κ3) is 3.07. The predicted molar refractivity (Wildman–Crippen MR) is 107 cm³/mol. The minimum absolute atomic E-state index is 0.0241. The van der Waals surface area contributed by atoms with E-state index in [2.05, 4.69) is 10.3 Å². The first kappa shape index (κ1) is 18.0. The van der Waals surface area contributed by atoms with E-state index in [-0.39, 0.29) is 28.8 Å². The molecule has 6 nitrogen and oxygen atoms in total. The van der Waals surface area contributed by atoms with Crippen LogP contribution in [0.15, 0.2) is 47.4 Å². The zero-order valence-corrected chi connectivity index (χ0v) is 15.9. The van der Waals surface area contributed by atoms with Gasteiger partial charge in [-0.05, 0) is 29.2 Å². The van der Waals surface area contributed by atoms with E-state index >= 15 is 0 Å². The van der Waals surface area contributed by atoms with Gasteiger partial charge in [-0.25, -0.2) is 0 Å². The van der Waals surface area contributed by atoms with Gasteiger partial charge in [-0.1, -0.05) is 32.9 Å². The highest BCUT2D eigenvalue weighted by Gasteiger charge is 2.27. The van der Waals surface area contributed by atoms with Crippen LogP contribution in [0.25, 0.3) is 10.9 Å². The Kier molecular flexibility index (Phi) is 4.07. The van der Waals surface area contributed by atoms with E-state index in [0.717, 1.165) is 11.1 Å². The van der Waals surface area contributed by atoms with E-state index in [1.54, 1.807) is 24.3 Å². The van der Waals surface area contributed by atoms with Crippen LogP contribution in [0.3, 0.4) is 0 Å². The van der Waals surface area contributed by atoms with Crippen LogP contribution >= 0.6 is 0 Å². The first-order chi connectivity index (χ1) is 13.2. The van der Waals surface area contributed by atoms with E-state index in [9.17, 15) is 14.4 Å². The number of H-pyrrole nitrogens is 1. The molecule has 1 aliphatic heterocycles. The van der Waals surface area contributed by atoms with Gasteiger partial charge in [-0.15, -0.1) is 0 Å². The van der Waals surface area contributed by atoms with Gasteiger partial charge >= 0.3 is 5.97 Å². The van der Waals surface area contributed by atoms with Crippen LogP contribution in [0.1, 0.15) is 42.3 Å². The van der Waals surface area contributed by atoms with Crippen LogP contribution in [0.5, 0.6) is 5.75 Å². The third-order valence-electron chi connectivity index (χ3n) is 4.85. The second kappa shape index (κ2) is 6.34. The summed E-state index contributed by atoms with van der Waals surface area (Å²) in [7, 11) is 0. The highest BCUT2D eigenvalue weighted by Crippen LogP contribution is 2.38. The van der Waals surface area contributed by atoms with Crippen molar-refractivity contribution in [2.75, 3.05) is 5.32 Å². The van der Waals surface area contributed by atoms with Gasteiger partial charge in [0.25, 0.3) is 5.91 Å². The summed E-state index contributed by atoms with van der Waals surface area (Å²) in [6.45, 7) is 6.06. The number of nitrogens with one attached hydrogen (secondary N) is 2. The van der Waals surface area contributed by atoms with Crippen molar-refractivity contribution in [2.45, 2.75) is 32.6 Å². The summed E-state index contributed by atoms with van der Waals surface area (Å²) < 4.78 is 5.23. The van der Waals surface area contributed by atoms with Crippen molar-refractivity contribution in [3.05, 3.63) is 69.5 Å². The predicted octanol–water partition coefficient (Wildman–Crippen LogP) is 3.54. The quantitative estimate of drug-likeness (QED) is 0.529. The van der Waals surface area contributed by atoms with E-state index in [1.165, 1.54) is 6.20 Å². The Morgan fingerprint density at radius 3 is 2.64 bits per heavy atom. The summed E-state index contributed by atoms with van der Waals surface area (Å²) in [4.78, 5) is 40.2. The van der Waals surface area contributed by atoms with Crippen molar-refractivity contribution in [3.8, 4) is 5.75 Å². The van der Waals surface area contributed by atoms with Gasteiger partial charge in [0.15, 0.2) is 0 Å². The van der Waals surface area contributed by atoms with Gasteiger partial charge in [-0.2, -0.15) is 0 Å². The van der Waals surface area contributed by atoms with E-state index in [4.69, 9.17) is 4.74 Å². The second-order valence-corrected chi connectivity index (χ2v) is 7.94. The van der Waals surface area contributed by atoms with Gasteiger partial charge in [0.2, 0.25) is 5.43 Å². The summed E-state index contributed by atoms with van der Waals surface area (Å²) in [6.07, 6.45) is 1.64. The average Bonchev–Trinajstić information content (AvgIpc) is 2.99. The van der Waals surface area contributed by atoms with Gasteiger partial charge in [0.1, 0.15) is 11.3 Å². The minimum Gasteiger partial charge on any atom is -0.426 e. The van der Waals surface area contributed by atoms with Crippen LogP contribution in [-0.2, 0) is 16.6 Å². The SMILES string of the molecule is CC(C)(C)c1cc2c(cc1NC(=O)c1c[nH]c3ccccc3c1=O)OC(=O)C2. The highest BCUT2D eigenvalue weighted by molar-refractivity contribution is 6.06. The molecule has 142 valence electrons. The molecule has 1 aliphatic rings. The molecule has 0 saturated heterocycles. The molecule has 1 amide bonds. The summed E-state index contributed by atoms with van der Waals surface area (Å²) in [5, 5.41) is 3.29. The molecular weight excluding hydrogens is 356 g/mol. The number of esters is 1. The molecule has 0 atom stereocenters. The molecule has 2 heterocycles. The largest absolute Gasteiger partial charge is 0.426 e. The minimum atomic E-state index is -0.512. The van der Waals surface area contributed by atoms with Crippen molar-refractivity contribution >= 4 is 28.5 Å². The lowest BCUT2D eigenvalue weighted by Gasteiger charge is -2.24. The molecular formula is C22H20N2O4. The number of fused-ring (bicyclic) bond motifs is 2. The molecule has 0 unspecified atom stereocenters. The molecule has 0 spiro atoms. The maximum atomic E-state index is 12.9. The Morgan fingerprint density at radius 2 is 1.89 bits per heavy atom. The van der Waals surface area contributed by atoms with Crippen LogP contribution in [0.2, 0.25) is 0 Å². The fourth-order valence-electron chi connectivity index (χ4n) is 3.42. The fraction of sp³-hybridized carbons (Fsp3) is 0.227. The molecule has 3 aromatic rings. The standard InChI is InChI=1S/C22H20N2O4/c1-22(2,3)15-8-12-9-19(25)28-18(12)10-17(15)24-21(27)14-11-23-16-7-5-4-6-13(16)20(14)26/h4-8,10-11H,9H2,1-3H3,(H,23,26)(H,24,27). The van der Waals surface area contributed by atoms with E-state index < -0.39 is 5.91 Å². The van der Waals surface area contributed by atoms with E-state index in [0.29, 0.717) is 22.3 Å². The monoisotopic (exact) mass is 376 g/mol. The molecule has 0 bridgehead atoms. The summed E-state index contributed by atoms with van der Waals surface area (Å²) in [5.41, 5.74) is 2.28. The summed E-state index contributed by atoms with van der Waals surface area (Å²) in [6, 6.07) is 10.6. The molecule has 2 aromatic carbocycles. The number of hydrogen-bond acceptors (Lipinski definition) is 4. The van der Waals surface area contributed by atoms with Gasteiger partial charge in [0.05, 0.1) is 6.42 Å². The normalized spacial score (nSPS) is 13.3. The fourth-order valence-corrected chi connectivity index (χ4v) is 3.42. The number of aromatic nitrogens is 1. The van der Waals surface area contributed by atoms with Gasteiger partial charge < -0.3 is 15.0 Å². The van der Waals surface area contributed by atoms with Gasteiger partial charge in [-0.3, -0.25) is 14.4 Å². The van der Waals surface area contributed by atoms with Gasteiger partial charge in [0, 0.05) is 34.4 Å². The van der Waals surface area contributed by atoms with Crippen molar-refractivity contribution in [2.24, 2.45) is 0 Å². The molecule has 28 heavy (non-hydrogen) atoms. The number of carbonyl (C=O) groups excluding carboxylic acids is 2. The molecule has 1 aromatic heterocycles. The molecule has 0 aliphatic carbocycles. The molecule has 0 saturated carbocycles. The lowest BCUT2D eigenvalue weighted by atomic mass is 9.84. The number of carbonyl (C=O) groups is 2. The first-order valence-corrected chi connectivity index (χ1v) is 9.04. The number of hydrogen-bond donors (Lipinski definition) is 2. The number of anilines is 1. The van der Waals surface area contributed by atoms with Crippen molar-refractivity contribution in [1.82, 2.24) is 4.98 Å². The van der Waals surface area contributed by atoms with Crippen LogP contribution in [0.4, 0.5) is 5.69 Å². The maximum absolute atomic E-state index is 12.9. The zero-order valence-electron chi connectivity index (χ0n) is 15.9. The second-order valence-electron chi connectivity index (χ2n) is 7.94. The molecule has 0 fully saturated rings. The number of rotatable bonds is 2. The third-order valence-corrected chi connectivity index (χ3v) is 4.85. The van der Waals surface area contributed by atoms with Crippen molar-refractivity contribution in [1.29, 1.82) is 0 Å². The number of aromatic amines is 1. The Bertz CT molecular complexity index is 1190. The lowest BCUT2D eigenvalue weighted by molar-refractivity contribution is -0.131. The Labute approximate surface area is 161 Å². The van der Waals surface area contributed by atoms with Crippen molar-refractivity contribution < 1.29 is 14.3 Å². The smallest absolute Gasteiger partial charge is 0.315 e. The van der Waals surface area contributed by atoms with Crippen LogP contribution < -0.4 is 15.5 Å². The number of ether oxygens (including phenoxy) is 1. The lowest BCUT2D eigenvalue weighted by Crippen LogP contribution is -2.24. The van der Waals surface area contributed by atoms with E-state index in [1.807, 2.05) is 32.9 Å². The van der Waals surface area contributed by atoms with Crippen molar-refractivity contribution in [3.63, 3.8) is 0 Å². The first-order valence-electron chi connectivity index (χ1n) is 9.04. The Hall–Kier alpha value is -3.41. The van der Waals surface area contributed by atoms with Crippen LogP contribution in [-0.4, -0.2) is 16.9 Å². The molecule has 4 rings (SSSR count). The Balaban J connectivity index is 1.76. The zero-order chi connectivity index (χ0) is 20.1. The topological polar surface area (TPSA) is 88.3 Å². The highest BCUT2D eigenvalue weighted by atomic mass is 16.5. The van der Waals surface area contributed by atoms with Crippen LogP contribution in [0, 0.1) is 0 Å². The summed E-state index contributed by atoms with van der Waals surface area (Å²) >= 11 is 0. The average molecular weight is 376 g/mol. The number of benzene rings is 2. The Morgan fingerprint density at radius 1 is 1.14 bits per heavy atom. The summed E-state index contributed by atoms with van der Waals surface area (Å²) in [5.74, 6) is -0.383. The molecule has 2 N–H and O–H groups in total.